The summed E-state index contributed by atoms with van der Waals surface area (Å²) in [7, 11) is 1.79. The number of hydrogen-bond donors (Lipinski definition) is 1. The zero-order valence-electron chi connectivity index (χ0n) is 15.6. The minimum Gasteiger partial charge on any atom is -0.379 e. The fraction of sp³-hybridized carbons (Fsp3) is 0.944. The van der Waals surface area contributed by atoms with E-state index in [0.717, 1.165) is 39.1 Å². The minimum absolute atomic E-state index is 0.119. The number of rotatable bonds is 4. The van der Waals surface area contributed by atoms with E-state index in [1.807, 2.05) is 0 Å². The zero-order valence-corrected chi connectivity index (χ0v) is 15.6. The van der Waals surface area contributed by atoms with Gasteiger partial charge < -0.3 is 14.8 Å². The molecule has 2 unspecified atom stereocenters. The van der Waals surface area contributed by atoms with Crippen molar-refractivity contribution in [3.63, 3.8) is 0 Å². The van der Waals surface area contributed by atoms with Crippen molar-refractivity contribution in [1.29, 1.82) is 0 Å². The van der Waals surface area contributed by atoms with Gasteiger partial charge in [-0.25, -0.2) is 0 Å². The first-order valence-corrected chi connectivity index (χ1v) is 9.36. The molecule has 3 aliphatic heterocycles. The molecule has 0 aliphatic carbocycles. The van der Waals surface area contributed by atoms with Crippen molar-refractivity contribution < 1.29 is 14.3 Å². The molecule has 3 heterocycles. The van der Waals surface area contributed by atoms with Gasteiger partial charge in [0.1, 0.15) is 0 Å². The molecule has 6 heteroatoms. The molecule has 1 amide bonds. The van der Waals surface area contributed by atoms with E-state index >= 15 is 0 Å². The molecular weight excluding hydrogens is 306 g/mol. The molecule has 24 heavy (non-hydrogen) atoms. The summed E-state index contributed by atoms with van der Waals surface area (Å²) in [5.41, 5.74) is -0.194. The average molecular weight is 339 g/mol. The van der Waals surface area contributed by atoms with E-state index in [2.05, 4.69) is 35.9 Å². The first-order chi connectivity index (χ1) is 11.4. The summed E-state index contributed by atoms with van der Waals surface area (Å²) < 4.78 is 11.3. The fourth-order valence-electron chi connectivity index (χ4n) is 4.66. The Morgan fingerprint density at radius 1 is 1.29 bits per heavy atom. The lowest BCUT2D eigenvalue weighted by atomic mass is 9.93. The Morgan fingerprint density at radius 3 is 2.79 bits per heavy atom. The van der Waals surface area contributed by atoms with Crippen LogP contribution in [-0.4, -0.2) is 79.0 Å². The molecule has 0 saturated carbocycles. The van der Waals surface area contributed by atoms with Crippen molar-refractivity contribution in [3.8, 4) is 0 Å². The van der Waals surface area contributed by atoms with Crippen LogP contribution in [0.1, 0.15) is 46.5 Å². The van der Waals surface area contributed by atoms with Gasteiger partial charge in [0.25, 0.3) is 0 Å². The van der Waals surface area contributed by atoms with Crippen LogP contribution in [0.25, 0.3) is 0 Å². The molecule has 0 aromatic heterocycles. The molecule has 0 spiro atoms. The van der Waals surface area contributed by atoms with Crippen LogP contribution in [0.3, 0.4) is 0 Å². The second-order valence-corrected chi connectivity index (χ2v) is 8.04. The van der Waals surface area contributed by atoms with Crippen molar-refractivity contribution >= 4 is 5.91 Å². The van der Waals surface area contributed by atoms with Crippen molar-refractivity contribution in [1.82, 2.24) is 15.1 Å². The molecule has 3 aliphatic rings. The Bertz CT molecular complexity index is 457. The number of nitrogens with zero attached hydrogens (tertiary/aromatic N) is 2. The van der Waals surface area contributed by atoms with Crippen LogP contribution in [0, 0.1) is 0 Å². The smallest absolute Gasteiger partial charge is 0.222 e. The molecule has 0 radical (unpaired) electrons. The summed E-state index contributed by atoms with van der Waals surface area (Å²) in [6.45, 7) is 10.0. The zero-order chi connectivity index (χ0) is 17.3. The van der Waals surface area contributed by atoms with E-state index in [9.17, 15) is 4.79 Å². The predicted octanol–water partition coefficient (Wildman–Crippen LogP) is 1.20. The minimum atomic E-state index is -0.194. The molecule has 6 nitrogen and oxygen atoms in total. The molecule has 3 rings (SSSR count). The van der Waals surface area contributed by atoms with Gasteiger partial charge in [-0.05, 0) is 40.0 Å². The molecule has 0 bridgehead atoms. The molecule has 138 valence electrons. The maximum absolute atomic E-state index is 12.4. The van der Waals surface area contributed by atoms with Crippen LogP contribution < -0.4 is 5.32 Å². The van der Waals surface area contributed by atoms with Gasteiger partial charge in [-0.1, -0.05) is 0 Å². The summed E-state index contributed by atoms with van der Waals surface area (Å²) in [5.74, 6) is 0.177. The largest absolute Gasteiger partial charge is 0.379 e. The number of nitrogens with one attached hydrogen (secondary N) is 1. The Kier molecular flexibility index (Phi) is 5.49. The highest BCUT2D eigenvalue weighted by Crippen LogP contribution is 2.33. The number of piperidine rings is 1. The quantitative estimate of drug-likeness (QED) is 0.834. The number of amides is 1. The van der Waals surface area contributed by atoms with E-state index in [1.54, 1.807) is 7.11 Å². The summed E-state index contributed by atoms with van der Waals surface area (Å²) in [4.78, 5) is 17.3. The maximum atomic E-state index is 12.4. The lowest BCUT2D eigenvalue weighted by molar-refractivity contribution is -0.132. The lowest BCUT2D eigenvalue weighted by Crippen LogP contribution is -2.62. The highest BCUT2D eigenvalue weighted by molar-refractivity contribution is 5.77. The second-order valence-electron chi connectivity index (χ2n) is 8.04. The van der Waals surface area contributed by atoms with Crippen LogP contribution in [0.5, 0.6) is 0 Å². The Labute approximate surface area is 145 Å². The molecule has 1 N–H and O–H groups in total. The predicted molar refractivity (Wildman–Crippen MR) is 92.8 cm³/mol. The average Bonchev–Trinajstić information content (AvgIpc) is 3.05. The van der Waals surface area contributed by atoms with E-state index in [4.69, 9.17) is 9.47 Å². The second kappa shape index (κ2) is 7.28. The summed E-state index contributed by atoms with van der Waals surface area (Å²) >= 11 is 0. The number of morpholine rings is 1. The number of carbonyl (C=O) groups is 1. The van der Waals surface area contributed by atoms with Gasteiger partial charge in [0.15, 0.2) is 0 Å². The highest BCUT2D eigenvalue weighted by atomic mass is 16.5. The Morgan fingerprint density at radius 2 is 2.08 bits per heavy atom. The number of likely N-dealkylation sites (tertiary alicyclic amines) is 1. The van der Waals surface area contributed by atoms with Crippen molar-refractivity contribution in [2.75, 3.05) is 33.4 Å². The monoisotopic (exact) mass is 339 g/mol. The van der Waals surface area contributed by atoms with E-state index in [0.29, 0.717) is 24.5 Å². The van der Waals surface area contributed by atoms with Gasteiger partial charge in [-0.15, -0.1) is 0 Å². The van der Waals surface area contributed by atoms with Crippen molar-refractivity contribution in [3.05, 3.63) is 0 Å². The Hall–Kier alpha value is -0.690. The highest BCUT2D eigenvalue weighted by Gasteiger charge is 2.44. The van der Waals surface area contributed by atoms with Crippen LogP contribution >= 0.6 is 0 Å². The summed E-state index contributed by atoms with van der Waals surface area (Å²) in [6, 6.07) is 1.06. The first-order valence-electron chi connectivity index (χ1n) is 9.36. The molecular formula is C18H33N3O3. The Balaban J connectivity index is 1.72. The first kappa shape index (κ1) is 18.1. The van der Waals surface area contributed by atoms with Crippen LogP contribution in [0.15, 0.2) is 0 Å². The lowest BCUT2D eigenvalue weighted by Gasteiger charge is -2.47. The normalized spacial score (nSPS) is 36.8. The summed E-state index contributed by atoms with van der Waals surface area (Å²) in [6.07, 6.45) is 4.02. The fourth-order valence-corrected chi connectivity index (χ4v) is 4.66. The van der Waals surface area contributed by atoms with Gasteiger partial charge in [0.05, 0.1) is 25.0 Å². The molecule has 4 atom stereocenters. The third kappa shape index (κ3) is 3.62. The topological polar surface area (TPSA) is 54.0 Å². The van der Waals surface area contributed by atoms with Crippen LogP contribution in [0.4, 0.5) is 0 Å². The molecule has 3 saturated heterocycles. The van der Waals surface area contributed by atoms with Gasteiger partial charge >= 0.3 is 0 Å². The number of methoxy groups -OCH3 is 1. The van der Waals surface area contributed by atoms with Crippen molar-refractivity contribution in [2.24, 2.45) is 0 Å². The van der Waals surface area contributed by atoms with Gasteiger partial charge in [-0.3, -0.25) is 14.6 Å². The molecule has 0 aromatic carbocycles. The maximum Gasteiger partial charge on any atom is 0.222 e. The number of hydrogen-bond acceptors (Lipinski definition) is 5. The molecule has 0 aromatic rings. The third-order valence-corrected chi connectivity index (χ3v) is 6.16. The third-order valence-electron chi connectivity index (χ3n) is 6.16. The van der Waals surface area contributed by atoms with Gasteiger partial charge in [0, 0.05) is 44.7 Å². The standard InChI is InChI=1S/C18H33N3O3/c1-13-12-24-9-8-20(13)14-10-16(19-17(22)11-14)21-7-5-6-15(21)18(2,3)23-4/h13-16H,5-12H2,1-4H3,(H,19,22)/t13-,14?,15+,16?/m1/s1. The number of carbonyl (C=O) groups excluding carboxylic acids is 1. The van der Waals surface area contributed by atoms with E-state index in [-0.39, 0.29) is 17.7 Å². The SMILES string of the molecule is COC(C)(C)[C@@H]1CCCN1C1CC(N2CCOC[C@H]2C)CC(=O)N1. The van der Waals surface area contributed by atoms with E-state index < -0.39 is 0 Å². The van der Waals surface area contributed by atoms with Crippen LogP contribution in [-0.2, 0) is 14.3 Å². The van der Waals surface area contributed by atoms with Gasteiger partial charge in [-0.2, -0.15) is 0 Å². The van der Waals surface area contributed by atoms with Crippen LogP contribution in [0.2, 0.25) is 0 Å². The number of ether oxygens (including phenoxy) is 2. The summed E-state index contributed by atoms with van der Waals surface area (Å²) in [5, 5.41) is 3.24. The van der Waals surface area contributed by atoms with E-state index in [1.165, 1.54) is 6.42 Å². The molecule has 3 fully saturated rings. The van der Waals surface area contributed by atoms with Gasteiger partial charge in [0.2, 0.25) is 5.91 Å². The van der Waals surface area contributed by atoms with Crippen molar-refractivity contribution in [2.45, 2.75) is 76.3 Å².